The fourth-order valence-corrected chi connectivity index (χ4v) is 4.74. The molecule has 0 saturated carbocycles. The highest BCUT2D eigenvalue weighted by Crippen LogP contribution is 2.11. The lowest BCUT2D eigenvalue weighted by Crippen LogP contribution is -2.45. The van der Waals surface area contributed by atoms with Gasteiger partial charge in [0.05, 0.1) is 18.8 Å². The Morgan fingerprint density at radius 1 is 0.543 bits per heavy atom. The molecule has 0 bridgehead atoms. The van der Waals surface area contributed by atoms with E-state index in [1.165, 1.54) is 32.1 Å². The quantitative estimate of drug-likeness (QED) is 0.0524. The zero-order valence-electron chi connectivity index (χ0n) is 29.5. The van der Waals surface area contributed by atoms with Gasteiger partial charge >= 0.3 is 0 Å². The number of unbranched alkanes of at least 4 members (excludes halogenated alkanes) is 10. The van der Waals surface area contributed by atoms with Crippen molar-refractivity contribution in [2.45, 2.75) is 154 Å². The molecular formula is C42H69NO3. The molecule has 0 aromatic heterocycles. The Hall–Kier alpha value is -2.69. The zero-order chi connectivity index (χ0) is 33.6. The Labute approximate surface area is 283 Å². The van der Waals surface area contributed by atoms with E-state index in [0.29, 0.717) is 6.42 Å². The van der Waals surface area contributed by atoms with Crippen LogP contribution in [0.5, 0.6) is 0 Å². The van der Waals surface area contributed by atoms with Crippen molar-refractivity contribution in [3.05, 3.63) is 97.2 Å². The third kappa shape index (κ3) is 32.7. The third-order valence-electron chi connectivity index (χ3n) is 7.57. The van der Waals surface area contributed by atoms with Gasteiger partial charge in [-0.3, -0.25) is 4.79 Å². The van der Waals surface area contributed by atoms with Gasteiger partial charge in [0, 0.05) is 6.42 Å². The summed E-state index contributed by atoms with van der Waals surface area (Å²) < 4.78 is 0. The van der Waals surface area contributed by atoms with Crippen LogP contribution in [0, 0.1) is 0 Å². The lowest BCUT2D eigenvalue weighted by atomic mass is 10.1. The van der Waals surface area contributed by atoms with Gasteiger partial charge in [0.15, 0.2) is 0 Å². The van der Waals surface area contributed by atoms with Crippen LogP contribution in [0.25, 0.3) is 0 Å². The fourth-order valence-electron chi connectivity index (χ4n) is 4.74. The summed E-state index contributed by atoms with van der Waals surface area (Å²) in [6.45, 7) is 4.06. The minimum absolute atomic E-state index is 0.0895. The summed E-state index contributed by atoms with van der Waals surface area (Å²) in [4.78, 5) is 12.2. The summed E-state index contributed by atoms with van der Waals surface area (Å²) in [5.41, 5.74) is 0. The molecule has 0 aliphatic rings. The smallest absolute Gasteiger partial charge is 0.220 e. The second-order valence-electron chi connectivity index (χ2n) is 11.9. The first-order chi connectivity index (χ1) is 22.7. The first-order valence-electron chi connectivity index (χ1n) is 18.5. The minimum Gasteiger partial charge on any atom is -0.394 e. The number of carbonyl (C=O) groups excluding carboxylic acids is 1. The SMILES string of the molecule is CC/C=C\C/C=C\C/C=C\C/C=C\C/C=C\C/C=C\C/C=C\CCCCCCCCCC(=O)NC(CO)C(O)/C=C/CCCCC. The van der Waals surface area contributed by atoms with E-state index in [1.807, 2.05) is 6.08 Å². The molecule has 3 N–H and O–H groups in total. The van der Waals surface area contributed by atoms with Crippen molar-refractivity contribution in [2.75, 3.05) is 6.61 Å². The summed E-state index contributed by atoms with van der Waals surface area (Å²) in [6, 6.07) is -0.630. The van der Waals surface area contributed by atoms with Crippen molar-refractivity contribution >= 4 is 5.91 Å². The lowest BCUT2D eigenvalue weighted by Gasteiger charge is -2.20. The highest BCUT2D eigenvalue weighted by Gasteiger charge is 2.17. The summed E-state index contributed by atoms with van der Waals surface area (Å²) in [5.74, 6) is -0.0895. The van der Waals surface area contributed by atoms with Gasteiger partial charge in [0.25, 0.3) is 0 Å². The zero-order valence-corrected chi connectivity index (χ0v) is 29.5. The van der Waals surface area contributed by atoms with Gasteiger partial charge in [0.1, 0.15) is 0 Å². The van der Waals surface area contributed by atoms with Crippen LogP contribution in [0.3, 0.4) is 0 Å². The molecule has 0 aliphatic carbocycles. The highest BCUT2D eigenvalue weighted by molar-refractivity contribution is 5.76. The van der Waals surface area contributed by atoms with Crippen LogP contribution in [-0.2, 0) is 4.79 Å². The molecule has 4 nitrogen and oxygen atoms in total. The molecule has 0 saturated heterocycles. The van der Waals surface area contributed by atoms with Crippen LogP contribution in [0.4, 0.5) is 0 Å². The fraction of sp³-hybridized carbons (Fsp3) is 0.595. The van der Waals surface area contributed by atoms with Gasteiger partial charge in [-0.15, -0.1) is 0 Å². The molecule has 0 radical (unpaired) electrons. The molecule has 1 amide bonds. The number of carbonyl (C=O) groups is 1. The number of hydrogen-bond acceptors (Lipinski definition) is 3. The summed E-state index contributed by atoms with van der Waals surface area (Å²) in [7, 11) is 0. The Bertz CT molecular complexity index is 906. The van der Waals surface area contributed by atoms with Crippen molar-refractivity contribution in [1.29, 1.82) is 0 Å². The molecule has 260 valence electrons. The van der Waals surface area contributed by atoms with Crippen LogP contribution < -0.4 is 5.32 Å². The Morgan fingerprint density at radius 3 is 1.43 bits per heavy atom. The van der Waals surface area contributed by atoms with Gasteiger partial charge in [0.2, 0.25) is 5.91 Å². The topological polar surface area (TPSA) is 69.6 Å². The van der Waals surface area contributed by atoms with Gasteiger partial charge in [-0.2, -0.15) is 0 Å². The molecule has 0 fully saturated rings. The molecule has 0 aromatic carbocycles. The van der Waals surface area contributed by atoms with E-state index in [1.54, 1.807) is 6.08 Å². The predicted molar refractivity (Wildman–Crippen MR) is 202 cm³/mol. The number of rotatable bonds is 31. The normalized spacial score (nSPS) is 14.3. The Kier molecular flexibility index (Phi) is 34.6. The number of nitrogens with one attached hydrogen (secondary N) is 1. The van der Waals surface area contributed by atoms with Gasteiger partial charge in [-0.05, 0) is 77.0 Å². The first-order valence-corrected chi connectivity index (χ1v) is 18.5. The van der Waals surface area contributed by atoms with Crippen molar-refractivity contribution in [1.82, 2.24) is 5.32 Å². The molecule has 0 aliphatic heterocycles. The maximum Gasteiger partial charge on any atom is 0.220 e. The van der Waals surface area contributed by atoms with E-state index >= 15 is 0 Å². The van der Waals surface area contributed by atoms with Crippen LogP contribution in [-0.4, -0.2) is 34.9 Å². The number of hydrogen-bond donors (Lipinski definition) is 3. The predicted octanol–water partition coefficient (Wildman–Crippen LogP) is 11.1. The van der Waals surface area contributed by atoms with Gasteiger partial charge in [-0.25, -0.2) is 0 Å². The summed E-state index contributed by atoms with van der Waals surface area (Å²) >= 11 is 0. The maximum absolute atomic E-state index is 12.2. The first kappa shape index (κ1) is 43.3. The summed E-state index contributed by atoms with van der Waals surface area (Å²) in [5, 5.41) is 22.5. The molecule has 46 heavy (non-hydrogen) atoms. The van der Waals surface area contributed by atoms with Crippen LogP contribution >= 0.6 is 0 Å². The molecule has 0 spiro atoms. The molecule has 2 unspecified atom stereocenters. The lowest BCUT2D eigenvalue weighted by molar-refractivity contribution is -0.123. The molecule has 0 rings (SSSR count). The average molecular weight is 636 g/mol. The third-order valence-corrected chi connectivity index (χ3v) is 7.57. The monoisotopic (exact) mass is 636 g/mol. The van der Waals surface area contributed by atoms with Crippen molar-refractivity contribution in [3.63, 3.8) is 0 Å². The minimum atomic E-state index is -0.845. The maximum atomic E-state index is 12.2. The van der Waals surface area contributed by atoms with E-state index in [2.05, 4.69) is 104 Å². The highest BCUT2D eigenvalue weighted by atomic mass is 16.3. The van der Waals surface area contributed by atoms with Crippen LogP contribution in [0.2, 0.25) is 0 Å². The standard InChI is InChI=1S/C42H69NO3/c1-3-5-7-9-10-11-12-13-14-15-16-17-18-19-20-21-22-23-24-25-26-27-28-29-30-31-32-34-36-38-42(46)43-40(39-44)41(45)37-35-33-8-6-4-2/h5,7,10-11,13-14,16-17,19-20,22-23,25-26,35,37,40-41,44-45H,3-4,6,8-9,12,15,18,21,24,27-34,36,38-39H2,1-2H3,(H,43,46)/b7-5-,11-10-,14-13-,17-16-,20-19-,23-22-,26-25-,37-35+. The van der Waals surface area contributed by atoms with Crippen molar-refractivity contribution in [2.24, 2.45) is 0 Å². The number of amides is 1. The Morgan fingerprint density at radius 2 is 0.957 bits per heavy atom. The second kappa shape index (κ2) is 36.8. The largest absolute Gasteiger partial charge is 0.394 e. The summed E-state index contributed by atoms with van der Waals surface area (Å²) in [6.07, 6.45) is 55.2. The molecule has 0 aromatic rings. The van der Waals surface area contributed by atoms with E-state index in [9.17, 15) is 15.0 Å². The van der Waals surface area contributed by atoms with E-state index < -0.39 is 12.1 Å². The van der Waals surface area contributed by atoms with E-state index in [-0.39, 0.29) is 12.5 Å². The Balaban J connectivity index is 3.63. The van der Waals surface area contributed by atoms with Crippen molar-refractivity contribution < 1.29 is 15.0 Å². The van der Waals surface area contributed by atoms with Gasteiger partial charge in [-0.1, -0.05) is 156 Å². The average Bonchev–Trinajstić information content (AvgIpc) is 3.06. The van der Waals surface area contributed by atoms with E-state index in [0.717, 1.165) is 89.9 Å². The van der Waals surface area contributed by atoms with E-state index in [4.69, 9.17) is 0 Å². The molecule has 2 atom stereocenters. The number of allylic oxidation sites excluding steroid dienone is 15. The van der Waals surface area contributed by atoms with Crippen LogP contribution in [0.15, 0.2) is 97.2 Å². The molecule has 0 heterocycles. The van der Waals surface area contributed by atoms with Crippen molar-refractivity contribution in [3.8, 4) is 0 Å². The second-order valence-corrected chi connectivity index (χ2v) is 11.9. The number of aliphatic hydroxyl groups excluding tert-OH is 2. The van der Waals surface area contributed by atoms with Gasteiger partial charge < -0.3 is 15.5 Å². The van der Waals surface area contributed by atoms with Crippen LogP contribution in [0.1, 0.15) is 142 Å². The number of aliphatic hydroxyl groups is 2. The molecule has 4 heteroatoms. The molecular weight excluding hydrogens is 566 g/mol.